The average Bonchev–Trinajstić information content (AvgIpc) is 3.24. The third-order valence-corrected chi connectivity index (χ3v) is 5.56. The number of aryl methyl sites for hydroxylation is 2. The van der Waals surface area contributed by atoms with Gasteiger partial charge in [-0.25, -0.2) is 9.97 Å². The van der Waals surface area contributed by atoms with E-state index in [2.05, 4.69) is 36.9 Å². The number of carbonyl (C=O) groups excluding carboxylic acids is 1. The normalized spacial score (nSPS) is 22.6. The van der Waals surface area contributed by atoms with Crippen molar-refractivity contribution in [3.05, 3.63) is 53.9 Å². The Labute approximate surface area is 154 Å². The predicted octanol–water partition coefficient (Wildman–Crippen LogP) is 1.99. The second-order valence-electron chi connectivity index (χ2n) is 7.29. The highest BCUT2D eigenvalue weighted by Gasteiger charge is 2.43. The van der Waals surface area contributed by atoms with Crippen LogP contribution in [-0.4, -0.2) is 55.8 Å². The minimum absolute atomic E-state index is 0.261. The summed E-state index contributed by atoms with van der Waals surface area (Å²) < 4.78 is 0. The second kappa shape index (κ2) is 7.50. The standard InChI is InChI=1S/C20H25N5O/c1-15-3-2-4-17(23-15)13-24-9-7-19-18(24)8-10-25(19)20(26)6-5-16-11-21-14-22-12-16/h2-4,11-12,14,18-19H,5-10,13H2,1H3/t18-,19+/m0/s1. The molecule has 2 aromatic rings. The van der Waals surface area contributed by atoms with Crippen molar-refractivity contribution in [3.8, 4) is 0 Å². The van der Waals surface area contributed by atoms with Crippen molar-refractivity contribution in [3.63, 3.8) is 0 Å². The van der Waals surface area contributed by atoms with Crippen LogP contribution in [0, 0.1) is 6.92 Å². The summed E-state index contributed by atoms with van der Waals surface area (Å²) in [5.41, 5.74) is 3.21. The predicted molar refractivity (Wildman–Crippen MR) is 98.3 cm³/mol. The van der Waals surface area contributed by atoms with E-state index in [1.54, 1.807) is 12.4 Å². The van der Waals surface area contributed by atoms with E-state index in [1.807, 2.05) is 13.0 Å². The molecule has 136 valence electrons. The van der Waals surface area contributed by atoms with Crippen molar-refractivity contribution in [2.24, 2.45) is 0 Å². The minimum Gasteiger partial charge on any atom is -0.338 e. The Hall–Kier alpha value is -2.34. The zero-order valence-corrected chi connectivity index (χ0v) is 15.2. The topological polar surface area (TPSA) is 62.2 Å². The molecule has 0 spiro atoms. The van der Waals surface area contributed by atoms with Gasteiger partial charge in [0.15, 0.2) is 0 Å². The first kappa shape index (κ1) is 17.1. The lowest BCUT2D eigenvalue weighted by Crippen LogP contribution is -2.39. The molecule has 6 heteroatoms. The van der Waals surface area contributed by atoms with Crippen molar-refractivity contribution in [1.29, 1.82) is 0 Å². The lowest BCUT2D eigenvalue weighted by atomic mass is 10.1. The maximum absolute atomic E-state index is 12.7. The number of nitrogens with zero attached hydrogens (tertiary/aromatic N) is 5. The fraction of sp³-hybridized carbons (Fsp3) is 0.500. The molecule has 0 aliphatic carbocycles. The highest BCUT2D eigenvalue weighted by Crippen LogP contribution is 2.33. The summed E-state index contributed by atoms with van der Waals surface area (Å²) in [5.74, 6) is 0.261. The number of likely N-dealkylation sites (tertiary alicyclic amines) is 2. The third kappa shape index (κ3) is 3.60. The SMILES string of the molecule is Cc1cccc(CN2CC[C@@H]3[C@@H]2CCN3C(=O)CCc2cncnc2)n1. The molecule has 4 rings (SSSR count). The third-order valence-electron chi connectivity index (χ3n) is 5.56. The molecule has 2 aliphatic rings. The molecule has 2 fully saturated rings. The molecule has 0 aromatic carbocycles. The number of amides is 1. The fourth-order valence-electron chi connectivity index (χ4n) is 4.33. The van der Waals surface area contributed by atoms with Crippen LogP contribution in [0.4, 0.5) is 0 Å². The monoisotopic (exact) mass is 351 g/mol. The Morgan fingerprint density at radius 1 is 1.15 bits per heavy atom. The number of hydrogen-bond acceptors (Lipinski definition) is 5. The lowest BCUT2D eigenvalue weighted by Gasteiger charge is -2.25. The molecular weight excluding hydrogens is 326 g/mol. The van der Waals surface area contributed by atoms with E-state index in [0.29, 0.717) is 24.9 Å². The lowest BCUT2D eigenvalue weighted by molar-refractivity contribution is -0.132. The van der Waals surface area contributed by atoms with Gasteiger partial charge in [0.25, 0.3) is 0 Å². The van der Waals surface area contributed by atoms with E-state index in [9.17, 15) is 4.79 Å². The summed E-state index contributed by atoms with van der Waals surface area (Å²) >= 11 is 0. The smallest absolute Gasteiger partial charge is 0.223 e. The van der Waals surface area contributed by atoms with Crippen LogP contribution < -0.4 is 0 Å². The van der Waals surface area contributed by atoms with E-state index >= 15 is 0 Å². The van der Waals surface area contributed by atoms with Gasteiger partial charge in [-0.2, -0.15) is 0 Å². The first-order valence-electron chi connectivity index (χ1n) is 9.40. The Bertz CT molecular complexity index is 766. The molecule has 26 heavy (non-hydrogen) atoms. The van der Waals surface area contributed by atoms with Gasteiger partial charge in [0.05, 0.1) is 5.69 Å². The van der Waals surface area contributed by atoms with Crippen LogP contribution in [0.15, 0.2) is 36.9 Å². The molecule has 4 heterocycles. The van der Waals surface area contributed by atoms with Crippen LogP contribution >= 0.6 is 0 Å². The van der Waals surface area contributed by atoms with Crippen LogP contribution in [0.25, 0.3) is 0 Å². The largest absolute Gasteiger partial charge is 0.338 e. The van der Waals surface area contributed by atoms with Crippen molar-refractivity contribution in [1.82, 2.24) is 24.8 Å². The van der Waals surface area contributed by atoms with E-state index < -0.39 is 0 Å². The van der Waals surface area contributed by atoms with Gasteiger partial charge in [0, 0.05) is 56.2 Å². The molecular formula is C20H25N5O. The fourth-order valence-corrected chi connectivity index (χ4v) is 4.33. The molecule has 6 nitrogen and oxygen atoms in total. The first-order valence-corrected chi connectivity index (χ1v) is 9.40. The molecule has 0 radical (unpaired) electrons. The molecule has 2 saturated heterocycles. The van der Waals surface area contributed by atoms with Gasteiger partial charge in [-0.3, -0.25) is 14.7 Å². The number of hydrogen-bond donors (Lipinski definition) is 0. The van der Waals surface area contributed by atoms with Crippen LogP contribution in [-0.2, 0) is 17.8 Å². The molecule has 2 aliphatic heterocycles. The van der Waals surface area contributed by atoms with Crippen LogP contribution in [0.2, 0.25) is 0 Å². The molecule has 0 saturated carbocycles. The second-order valence-corrected chi connectivity index (χ2v) is 7.29. The van der Waals surface area contributed by atoms with Crippen molar-refractivity contribution in [2.45, 2.75) is 51.2 Å². The van der Waals surface area contributed by atoms with E-state index in [0.717, 1.165) is 49.4 Å². The molecule has 0 unspecified atom stereocenters. The minimum atomic E-state index is 0.261. The van der Waals surface area contributed by atoms with Crippen LogP contribution in [0.5, 0.6) is 0 Å². The number of rotatable bonds is 5. The summed E-state index contributed by atoms with van der Waals surface area (Å²) in [6.45, 7) is 4.83. The van der Waals surface area contributed by atoms with Crippen LogP contribution in [0.3, 0.4) is 0 Å². The van der Waals surface area contributed by atoms with E-state index in [-0.39, 0.29) is 5.91 Å². The molecule has 2 aromatic heterocycles. The van der Waals surface area contributed by atoms with Crippen LogP contribution in [0.1, 0.15) is 36.2 Å². The Kier molecular flexibility index (Phi) is 4.93. The summed E-state index contributed by atoms with van der Waals surface area (Å²) in [4.78, 5) is 30.0. The van der Waals surface area contributed by atoms with Gasteiger partial charge in [-0.15, -0.1) is 0 Å². The van der Waals surface area contributed by atoms with Crippen molar-refractivity contribution < 1.29 is 4.79 Å². The number of pyridine rings is 1. The van der Waals surface area contributed by atoms with E-state index in [4.69, 9.17) is 0 Å². The maximum Gasteiger partial charge on any atom is 0.223 e. The molecule has 2 atom stereocenters. The zero-order valence-electron chi connectivity index (χ0n) is 15.2. The summed E-state index contributed by atoms with van der Waals surface area (Å²) in [5, 5.41) is 0. The number of fused-ring (bicyclic) bond motifs is 1. The summed E-state index contributed by atoms with van der Waals surface area (Å²) in [6.07, 6.45) is 8.49. The highest BCUT2D eigenvalue weighted by molar-refractivity contribution is 5.77. The maximum atomic E-state index is 12.7. The van der Waals surface area contributed by atoms with Gasteiger partial charge in [0.1, 0.15) is 6.33 Å². The van der Waals surface area contributed by atoms with Gasteiger partial charge in [0.2, 0.25) is 5.91 Å². The zero-order chi connectivity index (χ0) is 17.9. The summed E-state index contributed by atoms with van der Waals surface area (Å²) in [7, 11) is 0. The van der Waals surface area contributed by atoms with Crippen molar-refractivity contribution >= 4 is 5.91 Å². The number of carbonyl (C=O) groups is 1. The quantitative estimate of drug-likeness (QED) is 0.824. The first-order chi connectivity index (χ1) is 12.7. The summed E-state index contributed by atoms with van der Waals surface area (Å²) in [6, 6.07) is 7.04. The molecule has 0 bridgehead atoms. The number of aromatic nitrogens is 3. The van der Waals surface area contributed by atoms with Crippen molar-refractivity contribution in [2.75, 3.05) is 13.1 Å². The molecule has 0 N–H and O–H groups in total. The average molecular weight is 351 g/mol. The Morgan fingerprint density at radius 2 is 1.96 bits per heavy atom. The van der Waals surface area contributed by atoms with Gasteiger partial charge in [-0.05, 0) is 43.9 Å². The van der Waals surface area contributed by atoms with Gasteiger partial charge in [-0.1, -0.05) is 6.07 Å². The van der Waals surface area contributed by atoms with Gasteiger partial charge >= 0.3 is 0 Å². The molecule has 1 amide bonds. The van der Waals surface area contributed by atoms with Gasteiger partial charge < -0.3 is 4.90 Å². The Morgan fingerprint density at radius 3 is 2.77 bits per heavy atom. The highest BCUT2D eigenvalue weighted by atomic mass is 16.2. The van der Waals surface area contributed by atoms with E-state index in [1.165, 1.54) is 6.33 Å². The Balaban J connectivity index is 1.35.